The summed E-state index contributed by atoms with van der Waals surface area (Å²) in [6.45, 7) is 4.51. The lowest BCUT2D eigenvalue weighted by atomic mass is 10.1. The van der Waals surface area contributed by atoms with E-state index >= 15 is 0 Å². The van der Waals surface area contributed by atoms with Gasteiger partial charge in [0, 0.05) is 12.8 Å². The first kappa shape index (κ1) is 55.5. The van der Waals surface area contributed by atoms with Crippen LogP contribution in [-0.2, 0) is 33.3 Å². The summed E-state index contributed by atoms with van der Waals surface area (Å²) in [6, 6.07) is 0. The van der Waals surface area contributed by atoms with Gasteiger partial charge in [0.1, 0.15) is 13.2 Å². The number of hydrogen-bond acceptors (Lipinski definition) is 8. The molecule has 0 bridgehead atoms. The van der Waals surface area contributed by atoms with Crippen LogP contribution in [0.4, 0.5) is 0 Å². The third-order valence-corrected chi connectivity index (χ3v) is 9.13. The molecule has 0 amide bonds. The fraction of sp³-hybridized carbons (Fsp3) is 0.660. The predicted molar refractivity (Wildman–Crippen MR) is 241 cm³/mol. The van der Waals surface area contributed by atoms with Crippen LogP contribution in [0.2, 0.25) is 0 Å². The molecular weight excluding hydrogens is 743 g/mol. The molecule has 0 aliphatic rings. The second-order valence-corrected chi connectivity index (χ2v) is 16.0. The van der Waals surface area contributed by atoms with Crippen molar-refractivity contribution in [2.45, 2.75) is 167 Å². The zero-order valence-electron chi connectivity index (χ0n) is 37.8. The second-order valence-electron chi connectivity index (χ2n) is 16.0. The number of ether oxygens (including phenoxy) is 4. The van der Waals surface area contributed by atoms with Crippen molar-refractivity contribution >= 4 is 17.9 Å². The molecule has 0 fully saturated rings. The maximum absolute atomic E-state index is 12.7. The van der Waals surface area contributed by atoms with Crippen molar-refractivity contribution in [2.75, 3.05) is 47.5 Å². The van der Waals surface area contributed by atoms with E-state index in [4.69, 9.17) is 18.9 Å². The summed E-state index contributed by atoms with van der Waals surface area (Å²) in [5.74, 6) is -2.35. The highest BCUT2D eigenvalue weighted by molar-refractivity contribution is 5.70. The SMILES string of the molecule is CC/C=C\C/C=C\C/C=C\C/C=C\C/C=C\C/C=C\CCCCCCC(=O)OC(COC(=O)CCCCCCC/C=C\CCCC)COC(OCC[N+](C)(C)C)C(=O)[O-]. The lowest BCUT2D eigenvalue weighted by molar-refractivity contribution is -0.870. The Kier molecular flexibility index (Phi) is 38.7. The molecule has 0 aromatic heterocycles. The molecule has 59 heavy (non-hydrogen) atoms. The normalized spacial score (nSPS) is 13.7. The van der Waals surface area contributed by atoms with Crippen LogP contribution in [0.5, 0.6) is 0 Å². The lowest BCUT2D eigenvalue weighted by Crippen LogP contribution is -2.44. The minimum atomic E-state index is -1.63. The summed E-state index contributed by atoms with van der Waals surface area (Å²) in [4.78, 5) is 36.9. The largest absolute Gasteiger partial charge is 0.545 e. The molecule has 2 atom stereocenters. The molecule has 0 rings (SSSR count). The van der Waals surface area contributed by atoms with Gasteiger partial charge in [-0.05, 0) is 83.5 Å². The molecule has 0 radical (unpaired) electrons. The summed E-state index contributed by atoms with van der Waals surface area (Å²) < 4.78 is 22.5. The summed E-state index contributed by atoms with van der Waals surface area (Å²) in [5, 5.41) is 11.7. The number of carbonyl (C=O) groups is 3. The Bertz CT molecular complexity index is 1240. The predicted octanol–water partition coefficient (Wildman–Crippen LogP) is 10.8. The molecule has 0 aliphatic heterocycles. The molecule has 0 aromatic rings. The monoisotopic (exact) mass is 826 g/mol. The highest BCUT2D eigenvalue weighted by Gasteiger charge is 2.21. The van der Waals surface area contributed by atoms with Gasteiger partial charge in [0.15, 0.2) is 12.4 Å². The third kappa shape index (κ3) is 42.4. The number of esters is 2. The van der Waals surface area contributed by atoms with Crippen LogP contribution in [0.1, 0.15) is 155 Å². The summed E-state index contributed by atoms with van der Waals surface area (Å²) in [7, 11) is 5.88. The molecule has 0 N–H and O–H groups in total. The summed E-state index contributed by atoms with van der Waals surface area (Å²) in [5.41, 5.74) is 0. The van der Waals surface area contributed by atoms with Gasteiger partial charge in [-0.3, -0.25) is 9.59 Å². The van der Waals surface area contributed by atoms with Crippen LogP contribution in [0.15, 0.2) is 85.1 Å². The van der Waals surface area contributed by atoms with Crippen LogP contribution in [-0.4, -0.2) is 82.3 Å². The van der Waals surface area contributed by atoms with Crippen molar-refractivity contribution in [3.63, 3.8) is 0 Å². The zero-order chi connectivity index (χ0) is 43.5. The number of likely N-dealkylation sites (N-methyl/N-ethyl adjacent to an activating group) is 1. The van der Waals surface area contributed by atoms with Crippen molar-refractivity contribution in [3.8, 4) is 0 Å². The average molecular weight is 826 g/mol. The number of carbonyl (C=O) groups excluding carboxylic acids is 3. The molecule has 0 spiro atoms. The number of unbranched alkanes of at least 4 members (excludes halogenated alkanes) is 11. The van der Waals surface area contributed by atoms with E-state index in [0.717, 1.165) is 109 Å². The van der Waals surface area contributed by atoms with E-state index < -0.39 is 24.3 Å². The molecular formula is C50H83NO8. The minimum Gasteiger partial charge on any atom is -0.545 e. The Morgan fingerprint density at radius 2 is 0.966 bits per heavy atom. The van der Waals surface area contributed by atoms with Crippen LogP contribution in [0.3, 0.4) is 0 Å². The number of quaternary nitrogens is 1. The Labute approximate surface area is 359 Å². The van der Waals surface area contributed by atoms with Gasteiger partial charge in [-0.25, -0.2) is 0 Å². The van der Waals surface area contributed by atoms with Gasteiger partial charge in [-0.2, -0.15) is 0 Å². The molecule has 2 unspecified atom stereocenters. The number of allylic oxidation sites excluding steroid dienone is 14. The first-order valence-electron chi connectivity index (χ1n) is 22.7. The Hall–Kier alpha value is -3.53. The Morgan fingerprint density at radius 3 is 1.46 bits per heavy atom. The zero-order valence-corrected chi connectivity index (χ0v) is 37.8. The molecule has 9 heteroatoms. The van der Waals surface area contributed by atoms with Crippen LogP contribution < -0.4 is 5.11 Å². The molecule has 0 saturated carbocycles. The third-order valence-electron chi connectivity index (χ3n) is 9.13. The molecule has 0 aromatic carbocycles. The van der Waals surface area contributed by atoms with Gasteiger partial charge < -0.3 is 33.3 Å². The molecule has 336 valence electrons. The van der Waals surface area contributed by atoms with E-state index in [1.165, 1.54) is 12.8 Å². The van der Waals surface area contributed by atoms with Gasteiger partial charge in [-0.15, -0.1) is 0 Å². The first-order chi connectivity index (χ1) is 28.6. The summed E-state index contributed by atoms with van der Waals surface area (Å²) >= 11 is 0. The van der Waals surface area contributed by atoms with E-state index in [0.29, 0.717) is 17.4 Å². The smallest absolute Gasteiger partial charge is 0.306 e. The fourth-order valence-electron chi connectivity index (χ4n) is 5.58. The molecule has 9 nitrogen and oxygen atoms in total. The quantitative estimate of drug-likeness (QED) is 0.0197. The summed E-state index contributed by atoms with van der Waals surface area (Å²) in [6.07, 6.45) is 49.0. The van der Waals surface area contributed by atoms with Crippen molar-refractivity contribution in [1.82, 2.24) is 0 Å². The molecule has 0 aliphatic carbocycles. The second kappa shape index (κ2) is 41.2. The topological polar surface area (TPSA) is 111 Å². The number of carboxylic acids is 1. The number of carboxylic acid groups (broad SMARTS) is 1. The van der Waals surface area contributed by atoms with Gasteiger partial charge in [0.05, 0.1) is 40.3 Å². The maximum atomic E-state index is 12.7. The van der Waals surface area contributed by atoms with Crippen molar-refractivity contribution in [3.05, 3.63) is 85.1 Å². The highest BCUT2D eigenvalue weighted by Crippen LogP contribution is 2.12. The van der Waals surface area contributed by atoms with Crippen molar-refractivity contribution in [2.24, 2.45) is 0 Å². The molecule has 0 saturated heterocycles. The first-order valence-corrected chi connectivity index (χ1v) is 22.7. The molecule has 0 heterocycles. The number of nitrogens with zero attached hydrogens (tertiary/aromatic N) is 1. The van der Waals surface area contributed by atoms with Gasteiger partial charge in [-0.1, -0.05) is 144 Å². The Morgan fingerprint density at radius 1 is 0.525 bits per heavy atom. The van der Waals surface area contributed by atoms with E-state index in [9.17, 15) is 19.5 Å². The van der Waals surface area contributed by atoms with Gasteiger partial charge in [0.2, 0.25) is 0 Å². The number of hydrogen-bond donors (Lipinski definition) is 0. The van der Waals surface area contributed by atoms with Crippen LogP contribution in [0.25, 0.3) is 0 Å². The number of rotatable bonds is 40. The average Bonchev–Trinajstić information content (AvgIpc) is 3.19. The Balaban J connectivity index is 4.47. The van der Waals surface area contributed by atoms with E-state index in [1.54, 1.807) is 0 Å². The van der Waals surface area contributed by atoms with Crippen LogP contribution >= 0.6 is 0 Å². The standard InChI is InChI=1S/C50H83NO8/c1-6-8-10-12-14-16-18-19-20-21-22-23-24-25-26-27-28-29-31-33-35-37-39-41-48(53)59-46(45-58-50(49(54)55)56-43-42-51(3,4)5)44-57-47(52)40-38-36-34-32-30-17-15-13-11-9-7-2/h8,10,13-16,19-20,22-23,25-26,28-29,46,50H,6-7,9,11-12,17-18,21,24,27,30-45H2,1-5H3/b10-8-,15-13-,16-14-,20-19-,23-22-,26-25-,29-28-. The van der Waals surface area contributed by atoms with Crippen LogP contribution in [0, 0.1) is 0 Å². The lowest BCUT2D eigenvalue weighted by Gasteiger charge is -2.26. The highest BCUT2D eigenvalue weighted by atomic mass is 16.7. The van der Waals surface area contributed by atoms with Gasteiger partial charge >= 0.3 is 11.9 Å². The minimum absolute atomic E-state index is 0.136. The van der Waals surface area contributed by atoms with Gasteiger partial charge in [0.25, 0.3) is 0 Å². The van der Waals surface area contributed by atoms with E-state index in [2.05, 4.69) is 98.9 Å². The van der Waals surface area contributed by atoms with Crippen molar-refractivity contribution < 1.29 is 42.9 Å². The van der Waals surface area contributed by atoms with E-state index in [1.807, 2.05) is 21.1 Å². The fourth-order valence-corrected chi connectivity index (χ4v) is 5.58. The maximum Gasteiger partial charge on any atom is 0.306 e. The van der Waals surface area contributed by atoms with E-state index in [-0.39, 0.29) is 38.6 Å². The van der Waals surface area contributed by atoms with Crippen molar-refractivity contribution in [1.29, 1.82) is 0 Å². The number of aliphatic carboxylic acids is 1.